The molecule has 10 nitrogen and oxygen atoms in total. The number of likely N-dealkylation sites (N-methyl/N-ethyl adjacent to an activating group) is 1. The van der Waals surface area contributed by atoms with Crippen molar-refractivity contribution >= 4 is 29.0 Å². The van der Waals surface area contributed by atoms with Crippen LogP contribution in [-0.2, 0) is 0 Å². The van der Waals surface area contributed by atoms with Gasteiger partial charge in [0.1, 0.15) is 0 Å². The van der Waals surface area contributed by atoms with Gasteiger partial charge in [0.25, 0.3) is 5.91 Å². The maximum Gasteiger partial charge on any atom is 0.280 e. The predicted molar refractivity (Wildman–Crippen MR) is 181 cm³/mol. The first kappa shape index (κ1) is 31.3. The molecule has 46 heavy (non-hydrogen) atoms. The Kier molecular flexibility index (Phi) is 9.08. The molecule has 2 atom stereocenters. The van der Waals surface area contributed by atoms with Gasteiger partial charge in [-0.1, -0.05) is 12.1 Å². The third-order valence-electron chi connectivity index (χ3n) is 9.23. The van der Waals surface area contributed by atoms with E-state index in [-0.39, 0.29) is 29.6 Å². The number of amides is 1. The van der Waals surface area contributed by atoms with Crippen molar-refractivity contribution in [3.63, 3.8) is 0 Å². The number of likely N-dealkylation sites (tertiary alicyclic amines) is 1. The van der Waals surface area contributed by atoms with E-state index in [1.165, 1.54) is 5.56 Å². The van der Waals surface area contributed by atoms with E-state index in [0.29, 0.717) is 36.6 Å². The summed E-state index contributed by atoms with van der Waals surface area (Å²) in [7, 11) is 3.81. The summed E-state index contributed by atoms with van der Waals surface area (Å²) in [5, 5.41) is 0. The number of carbonyl (C=O) groups excluding carboxylic acids is 2. The van der Waals surface area contributed by atoms with Crippen LogP contribution in [0.15, 0.2) is 70.6 Å². The first-order valence-electron chi connectivity index (χ1n) is 16.0. The lowest BCUT2D eigenvalue weighted by molar-refractivity contribution is 0.0996. The number of guanidine groups is 1. The van der Waals surface area contributed by atoms with Gasteiger partial charge in [0.05, 0.1) is 25.5 Å². The van der Waals surface area contributed by atoms with E-state index < -0.39 is 0 Å². The molecule has 3 aromatic rings. The van der Waals surface area contributed by atoms with Crippen LogP contribution in [0.1, 0.15) is 63.6 Å². The molecule has 240 valence electrons. The number of benzene rings is 3. The number of ketones is 1. The number of anilines is 1. The van der Waals surface area contributed by atoms with E-state index >= 15 is 0 Å². The van der Waals surface area contributed by atoms with Gasteiger partial charge in [-0.3, -0.25) is 14.6 Å². The zero-order valence-electron chi connectivity index (χ0n) is 27.0. The molecule has 0 radical (unpaired) electrons. The van der Waals surface area contributed by atoms with Crippen LogP contribution in [0.4, 0.5) is 5.69 Å². The maximum absolute atomic E-state index is 13.2. The Hall–Kier alpha value is -4.70. The van der Waals surface area contributed by atoms with Crippen LogP contribution in [0.2, 0.25) is 0 Å². The van der Waals surface area contributed by atoms with Crippen LogP contribution in [0, 0.1) is 0 Å². The van der Waals surface area contributed by atoms with Crippen molar-refractivity contribution in [2.24, 2.45) is 15.7 Å². The third-order valence-corrected chi connectivity index (χ3v) is 9.23. The van der Waals surface area contributed by atoms with Crippen LogP contribution >= 0.6 is 0 Å². The highest BCUT2D eigenvalue weighted by Crippen LogP contribution is 2.42. The molecular formula is C36H42N6O4. The highest BCUT2D eigenvalue weighted by atomic mass is 16.5. The average Bonchev–Trinajstić information content (AvgIpc) is 3.08. The van der Waals surface area contributed by atoms with Crippen molar-refractivity contribution in [3.05, 3.63) is 88.5 Å². The van der Waals surface area contributed by atoms with Crippen LogP contribution < -0.4 is 20.1 Å². The molecule has 1 amide bonds. The number of nitrogens with two attached hydrogens (primary N) is 1. The number of piperidine rings is 1. The highest BCUT2D eigenvalue weighted by Gasteiger charge is 2.36. The number of Topliss-reactive ketones (excluding diaryl/α,β-unsaturated/α-hetero) is 1. The molecule has 2 fully saturated rings. The molecule has 6 rings (SSSR count). The predicted octanol–water partition coefficient (Wildman–Crippen LogP) is 4.21. The molecule has 3 aliphatic rings. The van der Waals surface area contributed by atoms with Crippen molar-refractivity contribution in [1.82, 2.24) is 9.80 Å². The molecule has 0 bridgehead atoms. The fourth-order valence-corrected chi connectivity index (χ4v) is 6.65. The monoisotopic (exact) mass is 622 g/mol. The van der Waals surface area contributed by atoms with Crippen molar-refractivity contribution in [1.29, 1.82) is 0 Å². The Balaban J connectivity index is 1.17. The van der Waals surface area contributed by atoms with Gasteiger partial charge in [0.15, 0.2) is 23.2 Å². The number of rotatable bonds is 7. The summed E-state index contributed by atoms with van der Waals surface area (Å²) in [6.07, 6.45) is 0.977. The zero-order valence-corrected chi connectivity index (χ0v) is 27.0. The van der Waals surface area contributed by atoms with Crippen LogP contribution in [0.5, 0.6) is 11.5 Å². The molecule has 10 heteroatoms. The van der Waals surface area contributed by atoms with Crippen LogP contribution in [0.3, 0.4) is 0 Å². The molecule has 0 spiro atoms. The molecule has 0 saturated carbocycles. The lowest BCUT2D eigenvalue weighted by Gasteiger charge is -2.39. The lowest BCUT2D eigenvalue weighted by Crippen LogP contribution is -2.51. The van der Waals surface area contributed by atoms with E-state index in [9.17, 15) is 9.59 Å². The SMILES string of the molecule is CCOc1cc2c(cc1OC)C(c1ccc(C(=O)/N=C(\N)N3CCN(c4ccc(C(C)=O)cc4)CC3)cc1)=N[C@@H]1CCN(C)C[C@H]21. The fourth-order valence-electron chi connectivity index (χ4n) is 6.65. The van der Waals surface area contributed by atoms with Gasteiger partial charge in [0, 0.05) is 66.6 Å². The molecule has 0 aliphatic carbocycles. The number of ether oxygens (including phenoxy) is 2. The van der Waals surface area contributed by atoms with Crippen molar-refractivity contribution in [2.45, 2.75) is 32.2 Å². The van der Waals surface area contributed by atoms with E-state index in [2.05, 4.69) is 27.9 Å². The fraction of sp³-hybridized carbons (Fsp3) is 0.389. The second-order valence-corrected chi connectivity index (χ2v) is 12.2. The topological polar surface area (TPSA) is 113 Å². The molecule has 2 N–H and O–H groups in total. The zero-order chi connectivity index (χ0) is 32.4. The standard InChI is InChI=1S/C36H42N6O4/c1-5-46-33-20-28-29(21-32(33)45-4)34(38-31-14-15-40(3)22-30(28)31)25-6-8-26(9-7-25)35(44)39-36(37)42-18-16-41(17-19-42)27-12-10-24(11-13-27)23(2)43/h6-13,20-21,30-31H,5,14-19,22H2,1-4H3,(H2,37,39,44)/t30-,31-/m1/s1. The number of carbonyl (C=O) groups is 2. The van der Waals surface area contributed by atoms with Crippen molar-refractivity contribution in [3.8, 4) is 11.5 Å². The van der Waals surface area contributed by atoms with Crippen LogP contribution in [0.25, 0.3) is 0 Å². The van der Waals surface area contributed by atoms with Gasteiger partial charge in [-0.25, -0.2) is 0 Å². The van der Waals surface area contributed by atoms with Gasteiger partial charge in [-0.2, -0.15) is 4.99 Å². The Morgan fingerprint density at radius 2 is 1.65 bits per heavy atom. The van der Waals surface area contributed by atoms with Gasteiger partial charge in [0.2, 0.25) is 0 Å². The molecule has 0 unspecified atom stereocenters. The number of nitrogens with zero attached hydrogens (tertiary/aromatic N) is 5. The molecule has 2 saturated heterocycles. The quantitative estimate of drug-likeness (QED) is 0.237. The summed E-state index contributed by atoms with van der Waals surface area (Å²) in [6, 6.07) is 19.5. The van der Waals surface area contributed by atoms with Crippen molar-refractivity contribution in [2.75, 3.05) is 64.9 Å². The minimum atomic E-state index is -0.379. The summed E-state index contributed by atoms with van der Waals surface area (Å²) in [6.45, 7) is 8.78. The number of methoxy groups -OCH3 is 1. The molecular weight excluding hydrogens is 580 g/mol. The third kappa shape index (κ3) is 6.35. The number of aliphatic imine (C=N–C) groups is 2. The van der Waals surface area contributed by atoms with E-state index in [1.54, 1.807) is 26.2 Å². The Morgan fingerprint density at radius 3 is 2.30 bits per heavy atom. The maximum atomic E-state index is 13.2. The largest absolute Gasteiger partial charge is 0.493 e. The molecule has 3 aromatic carbocycles. The summed E-state index contributed by atoms with van der Waals surface area (Å²) < 4.78 is 11.6. The molecule has 0 aromatic heterocycles. The first-order chi connectivity index (χ1) is 22.2. The Bertz CT molecular complexity index is 1660. The summed E-state index contributed by atoms with van der Waals surface area (Å²) >= 11 is 0. The number of hydrogen-bond acceptors (Lipinski definition) is 7. The second-order valence-electron chi connectivity index (χ2n) is 12.2. The number of piperazine rings is 1. The Morgan fingerprint density at radius 1 is 0.957 bits per heavy atom. The molecule has 3 aliphatic heterocycles. The Labute approximate surface area is 270 Å². The number of fused-ring (bicyclic) bond motifs is 3. The van der Waals surface area contributed by atoms with E-state index in [4.69, 9.17) is 20.2 Å². The lowest BCUT2D eigenvalue weighted by atomic mass is 9.79. The van der Waals surface area contributed by atoms with Gasteiger partial charge < -0.3 is 29.9 Å². The highest BCUT2D eigenvalue weighted by molar-refractivity contribution is 6.15. The van der Waals surface area contributed by atoms with Gasteiger partial charge in [-0.15, -0.1) is 0 Å². The van der Waals surface area contributed by atoms with Gasteiger partial charge >= 0.3 is 0 Å². The minimum absolute atomic E-state index is 0.0515. The molecule has 3 heterocycles. The normalized spacial score (nSPS) is 20.0. The summed E-state index contributed by atoms with van der Waals surface area (Å²) in [4.78, 5) is 40.8. The van der Waals surface area contributed by atoms with E-state index in [0.717, 1.165) is 60.9 Å². The summed E-state index contributed by atoms with van der Waals surface area (Å²) in [5.41, 5.74) is 12.6. The van der Waals surface area contributed by atoms with Crippen molar-refractivity contribution < 1.29 is 19.1 Å². The average molecular weight is 623 g/mol. The number of hydrogen-bond donors (Lipinski definition) is 1. The van der Waals surface area contributed by atoms with Crippen LogP contribution in [-0.4, -0.2) is 99.2 Å². The second kappa shape index (κ2) is 13.3. The summed E-state index contributed by atoms with van der Waals surface area (Å²) in [5.74, 6) is 1.59. The first-order valence-corrected chi connectivity index (χ1v) is 16.0. The smallest absolute Gasteiger partial charge is 0.280 e. The van der Waals surface area contributed by atoms with Gasteiger partial charge in [-0.05, 0) is 88.0 Å². The minimum Gasteiger partial charge on any atom is -0.493 e. The van der Waals surface area contributed by atoms with E-state index in [1.807, 2.05) is 54.3 Å².